The summed E-state index contributed by atoms with van der Waals surface area (Å²) >= 11 is 0. The molecule has 1 aromatic rings. The van der Waals surface area contributed by atoms with Gasteiger partial charge in [-0.15, -0.1) is 0 Å². The standard InChI is InChI=1S/C16H25NO/c1-3-12-8-5-6-10-14(12)16(18)15-13(4-2)9-7-11-17-15/h7,9,11-12,14,16,18H,3-6,8,10H2,1-2H3. The first kappa shape index (κ1) is 13.5. The molecule has 100 valence electrons. The van der Waals surface area contributed by atoms with Crippen LogP contribution in [0.1, 0.15) is 63.3 Å². The molecule has 2 heteroatoms. The third-order valence-electron chi connectivity index (χ3n) is 4.48. The first-order chi connectivity index (χ1) is 8.77. The summed E-state index contributed by atoms with van der Waals surface area (Å²) in [6.07, 6.45) is 8.57. The lowest BCUT2D eigenvalue weighted by Gasteiger charge is -2.34. The van der Waals surface area contributed by atoms with Gasteiger partial charge in [-0.2, -0.15) is 0 Å². The highest BCUT2D eigenvalue weighted by Gasteiger charge is 2.31. The molecule has 1 N–H and O–H groups in total. The Labute approximate surface area is 110 Å². The van der Waals surface area contributed by atoms with Crippen LogP contribution in [0.2, 0.25) is 0 Å². The first-order valence-corrected chi connectivity index (χ1v) is 7.39. The third kappa shape index (κ3) is 2.74. The van der Waals surface area contributed by atoms with Crippen molar-refractivity contribution < 1.29 is 5.11 Å². The van der Waals surface area contributed by atoms with Gasteiger partial charge in [0.2, 0.25) is 0 Å². The zero-order valence-electron chi connectivity index (χ0n) is 11.6. The number of aliphatic hydroxyl groups excluding tert-OH is 1. The number of hydrogen-bond donors (Lipinski definition) is 1. The minimum Gasteiger partial charge on any atom is -0.386 e. The van der Waals surface area contributed by atoms with E-state index in [9.17, 15) is 5.11 Å². The zero-order valence-corrected chi connectivity index (χ0v) is 11.6. The first-order valence-electron chi connectivity index (χ1n) is 7.39. The van der Waals surface area contributed by atoms with Crippen molar-refractivity contribution in [1.29, 1.82) is 0 Å². The lowest BCUT2D eigenvalue weighted by atomic mass is 9.74. The summed E-state index contributed by atoms with van der Waals surface area (Å²) < 4.78 is 0. The fraction of sp³-hybridized carbons (Fsp3) is 0.688. The van der Waals surface area contributed by atoms with Crippen molar-refractivity contribution in [2.45, 2.75) is 58.5 Å². The lowest BCUT2D eigenvalue weighted by Crippen LogP contribution is -2.26. The van der Waals surface area contributed by atoms with Crippen molar-refractivity contribution in [2.24, 2.45) is 11.8 Å². The van der Waals surface area contributed by atoms with Crippen molar-refractivity contribution in [2.75, 3.05) is 0 Å². The Kier molecular flexibility index (Phi) is 4.76. The van der Waals surface area contributed by atoms with Crippen LogP contribution in [0.25, 0.3) is 0 Å². The SMILES string of the molecule is CCc1cccnc1C(O)C1CCCCC1CC. The molecular weight excluding hydrogens is 222 g/mol. The Bertz CT molecular complexity index is 377. The summed E-state index contributed by atoms with van der Waals surface area (Å²) in [5, 5.41) is 10.7. The molecule has 2 nitrogen and oxygen atoms in total. The van der Waals surface area contributed by atoms with Gasteiger partial charge < -0.3 is 5.11 Å². The number of aliphatic hydroxyl groups is 1. The molecule has 0 bridgehead atoms. The van der Waals surface area contributed by atoms with Gasteiger partial charge in [-0.3, -0.25) is 4.98 Å². The number of aryl methyl sites for hydroxylation is 1. The summed E-state index contributed by atoms with van der Waals surface area (Å²) in [4.78, 5) is 4.44. The molecule has 1 aliphatic carbocycles. The molecule has 1 fully saturated rings. The molecule has 1 saturated carbocycles. The molecule has 0 spiro atoms. The molecule has 0 aliphatic heterocycles. The van der Waals surface area contributed by atoms with Crippen LogP contribution in [0.4, 0.5) is 0 Å². The van der Waals surface area contributed by atoms with E-state index in [1.165, 1.54) is 31.2 Å². The normalized spacial score (nSPS) is 25.9. The summed E-state index contributed by atoms with van der Waals surface area (Å²) in [7, 11) is 0. The monoisotopic (exact) mass is 247 g/mol. The Balaban J connectivity index is 2.20. The molecule has 18 heavy (non-hydrogen) atoms. The van der Waals surface area contributed by atoms with Crippen LogP contribution >= 0.6 is 0 Å². The van der Waals surface area contributed by atoms with Crippen LogP contribution in [-0.4, -0.2) is 10.1 Å². The van der Waals surface area contributed by atoms with Crippen molar-refractivity contribution in [3.8, 4) is 0 Å². The molecule has 0 amide bonds. The summed E-state index contributed by atoms with van der Waals surface area (Å²) in [6, 6.07) is 4.06. The minimum absolute atomic E-state index is 0.369. The predicted molar refractivity (Wildman–Crippen MR) is 74.3 cm³/mol. The molecule has 0 radical (unpaired) electrons. The number of hydrogen-bond acceptors (Lipinski definition) is 2. The second kappa shape index (κ2) is 6.33. The van der Waals surface area contributed by atoms with Gasteiger partial charge in [0.1, 0.15) is 0 Å². The Morgan fingerprint density at radius 3 is 2.83 bits per heavy atom. The average Bonchev–Trinajstić information content (AvgIpc) is 2.46. The third-order valence-corrected chi connectivity index (χ3v) is 4.48. The lowest BCUT2D eigenvalue weighted by molar-refractivity contribution is 0.0415. The van der Waals surface area contributed by atoms with Crippen molar-refractivity contribution in [3.05, 3.63) is 29.6 Å². The Hall–Kier alpha value is -0.890. The summed E-state index contributed by atoms with van der Waals surface area (Å²) in [6.45, 7) is 4.38. The van der Waals surface area contributed by atoms with Gasteiger partial charge >= 0.3 is 0 Å². The molecule has 0 aromatic carbocycles. The second-order valence-corrected chi connectivity index (χ2v) is 5.46. The fourth-order valence-electron chi connectivity index (χ4n) is 3.38. The molecule has 2 rings (SSSR count). The Morgan fingerprint density at radius 1 is 1.33 bits per heavy atom. The van der Waals surface area contributed by atoms with E-state index in [-0.39, 0.29) is 6.10 Å². The van der Waals surface area contributed by atoms with Gasteiger partial charge in [-0.05, 0) is 36.3 Å². The van der Waals surface area contributed by atoms with Crippen LogP contribution in [-0.2, 0) is 6.42 Å². The van der Waals surface area contributed by atoms with E-state index in [0.29, 0.717) is 11.8 Å². The van der Waals surface area contributed by atoms with Crippen molar-refractivity contribution in [3.63, 3.8) is 0 Å². The second-order valence-electron chi connectivity index (χ2n) is 5.46. The molecule has 1 heterocycles. The molecule has 0 saturated heterocycles. The van der Waals surface area contributed by atoms with Gasteiger partial charge in [-0.25, -0.2) is 0 Å². The van der Waals surface area contributed by atoms with E-state index < -0.39 is 0 Å². The van der Waals surface area contributed by atoms with Crippen LogP contribution in [0.15, 0.2) is 18.3 Å². The van der Waals surface area contributed by atoms with E-state index in [1.807, 2.05) is 12.3 Å². The molecule has 3 unspecified atom stereocenters. The molecular formula is C16H25NO. The Morgan fingerprint density at radius 2 is 2.11 bits per heavy atom. The van der Waals surface area contributed by atoms with E-state index in [4.69, 9.17) is 0 Å². The maximum atomic E-state index is 10.7. The predicted octanol–water partition coefficient (Wildman–Crippen LogP) is 3.89. The fourth-order valence-corrected chi connectivity index (χ4v) is 3.38. The molecule has 3 atom stereocenters. The van der Waals surface area contributed by atoms with Crippen LogP contribution in [0.5, 0.6) is 0 Å². The van der Waals surface area contributed by atoms with Crippen molar-refractivity contribution in [1.82, 2.24) is 4.98 Å². The van der Waals surface area contributed by atoms with Gasteiger partial charge in [0, 0.05) is 6.20 Å². The highest BCUT2D eigenvalue weighted by atomic mass is 16.3. The highest BCUT2D eigenvalue weighted by molar-refractivity contribution is 5.22. The zero-order chi connectivity index (χ0) is 13.0. The van der Waals surface area contributed by atoms with Gasteiger partial charge in [0.15, 0.2) is 0 Å². The molecule has 1 aliphatic rings. The van der Waals surface area contributed by atoms with Gasteiger partial charge in [0.25, 0.3) is 0 Å². The molecule has 1 aromatic heterocycles. The quantitative estimate of drug-likeness (QED) is 0.875. The van der Waals surface area contributed by atoms with E-state index in [2.05, 4.69) is 24.9 Å². The van der Waals surface area contributed by atoms with Crippen molar-refractivity contribution >= 4 is 0 Å². The number of nitrogens with zero attached hydrogens (tertiary/aromatic N) is 1. The topological polar surface area (TPSA) is 33.1 Å². The summed E-state index contributed by atoms with van der Waals surface area (Å²) in [5.41, 5.74) is 2.12. The maximum absolute atomic E-state index is 10.7. The maximum Gasteiger partial charge on any atom is 0.0993 e. The number of rotatable bonds is 4. The van der Waals surface area contributed by atoms with Crippen LogP contribution in [0, 0.1) is 11.8 Å². The smallest absolute Gasteiger partial charge is 0.0993 e. The van der Waals surface area contributed by atoms with Crippen LogP contribution < -0.4 is 0 Å². The van der Waals surface area contributed by atoms with E-state index in [1.54, 1.807) is 0 Å². The van der Waals surface area contributed by atoms with Gasteiger partial charge in [0.05, 0.1) is 11.8 Å². The van der Waals surface area contributed by atoms with E-state index in [0.717, 1.165) is 18.5 Å². The van der Waals surface area contributed by atoms with Crippen LogP contribution in [0.3, 0.4) is 0 Å². The summed E-state index contributed by atoms with van der Waals surface area (Å²) in [5.74, 6) is 1.07. The minimum atomic E-state index is -0.369. The highest BCUT2D eigenvalue weighted by Crippen LogP contribution is 2.40. The largest absolute Gasteiger partial charge is 0.386 e. The number of aromatic nitrogens is 1. The van der Waals surface area contributed by atoms with Gasteiger partial charge in [-0.1, -0.05) is 45.6 Å². The van der Waals surface area contributed by atoms with E-state index >= 15 is 0 Å². The number of pyridine rings is 1. The average molecular weight is 247 g/mol.